The van der Waals surface area contributed by atoms with Crippen LogP contribution in [-0.4, -0.2) is 44.7 Å². The minimum atomic E-state index is -4.64. The molecule has 124 valence electrons. The summed E-state index contributed by atoms with van der Waals surface area (Å²) in [6, 6.07) is 6.20. The number of amides is 1. The van der Waals surface area contributed by atoms with Crippen LogP contribution in [0.1, 0.15) is 18.7 Å². The number of aliphatic hydroxyl groups excluding tert-OH is 1. The number of hydrogen-bond donors (Lipinski definition) is 1. The van der Waals surface area contributed by atoms with Crippen molar-refractivity contribution in [2.45, 2.75) is 31.7 Å². The molecule has 1 aliphatic rings. The summed E-state index contributed by atoms with van der Waals surface area (Å²) in [6.07, 6.45) is -4.01. The molecule has 5 nitrogen and oxygen atoms in total. The van der Waals surface area contributed by atoms with Crippen molar-refractivity contribution in [3.8, 4) is 0 Å². The number of nitrogens with zero attached hydrogens (tertiary/aromatic N) is 3. The quantitative estimate of drug-likeness (QED) is 0.918. The minimum Gasteiger partial charge on any atom is -0.391 e. The molecule has 0 saturated carbocycles. The van der Waals surface area contributed by atoms with Gasteiger partial charge in [0.1, 0.15) is 6.54 Å². The first-order chi connectivity index (χ1) is 10.9. The lowest BCUT2D eigenvalue weighted by Crippen LogP contribution is -2.43. The van der Waals surface area contributed by atoms with Crippen LogP contribution in [0.2, 0.25) is 0 Å². The summed E-state index contributed by atoms with van der Waals surface area (Å²) in [6.45, 7) is 0.165. The van der Waals surface area contributed by atoms with Gasteiger partial charge in [0, 0.05) is 13.1 Å². The van der Waals surface area contributed by atoms with Crippen molar-refractivity contribution < 1.29 is 23.1 Å². The Labute approximate surface area is 130 Å². The molecule has 1 saturated heterocycles. The van der Waals surface area contributed by atoms with Gasteiger partial charge in [-0.05, 0) is 25.0 Å². The van der Waals surface area contributed by atoms with E-state index in [1.807, 2.05) is 0 Å². The molecule has 1 aromatic carbocycles. The van der Waals surface area contributed by atoms with E-state index in [9.17, 15) is 23.1 Å². The summed E-state index contributed by atoms with van der Waals surface area (Å²) >= 11 is 0. The second-order valence-electron chi connectivity index (χ2n) is 5.64. The molecule has 0 unspecified atom stereocenters. The third kappa shape index (κ3) is 3.17. The Morgan fingerprint density at radius 2 is 2.09 bits per heavy atom. The lowest BCUT2D eigenvalue weighted by Gasteiger charge is -2.30. The molecular weight excluding hydrogens is 311 g/mol. The molecule has 1 N–H and O–H groups in total. The van der Waals surface area contributed by atoms with Crippen molar-refractivity contribution in [2.75, 3.05) is 13.1 Å². The average Bonchev–Trinajstić information content (AvgIpc) is 2.86. The standard InChI is InChI=1S/C15H16F3N3O2/c16-15(17,18)14-19-11-5-1-2-6-12(11)21(14)9-13(23)20-7-3-4-10(22)8-20/h1-2,5-6,10,22H,3-4,7-9H2/t10-/m1/s1. The van der Waals surface area contributed by atoms with E-state index in [4.69, 9.17) is 0 Å². The van der Waals surface area contributed by atoms with E-state index in [-0.39, 0.29) is 17.6 Å². The number of piperidine rings is 1. The second kappa shape index (κ2) is 5.84. The molecule has 1 atom stereocenters. The number of rotatable bonds is 2. The van der Waals surface area contributed by atoms with E-state index in [1.165, 1.54) is 17.0 Å². The Morgan fingerprint density at radius 1 is 1.35 bits per heavy atom. The van der Waals surface area contributed by atoms with Crippen molar-refractivity contribution in [1.82, 2.24) is 14.5 Å². The molecule has 8 heteroatoms. The van der Waals surface area contributed by atoms with Crippen LogP contribution in [0, 0.1) is 0 Å². The van der Waals surface area contributed by atoms with Gasteiger partial charge in [-0.25, -0.2) is 4.98 Å². The van der Waals surface area contributed by atoms with Crippen LogP contribution in [0.4, 0.5) is 13.2 Å². The molecular formula is C15H16F3N3O2. The summed E-state index contributed by atoms with van der Waals surface area (Å²) in [4.78, 5) is 17.4. The number of β-amino-alcohol motifs (C(OH)–C–C–N with tert-alkyl or cyclic N) is 1. The summed E-state index contributed by atoms with van der Waals surface area (Å²) in [5.41, 5.74) is 0.469. The van der Waals surface area contributed by atoms with E-state index >= 15 is 0 Å². The number of likely N-dealkylation sites (tertiary alicyclic amines) is 1. The highest BCUT2D eigenvalue weighted by atomic mass is 19.4. The number of aliphatic hydroxyl groups is 1. The topological polar surface area (TPSA) is 58.4 Å². The number of benzene rings is 1. The van der Waals surface area contributed by atoms with E-state index in [2.05, 4.69) is 4.98 Å². The number of hydrogen-bond acceptors (Lipinski definition) is 3. The molecule has 0 bridgehead atoms. The maximum Gasteiger partial charge on any atom is 0.449 e. The van der Waals surface area contributed by atoms with E-state index < -0.39 is 30.6 Å². The van der Waals surface area contributed by atoms with Crippen LogP contribution in [0.3, 0.4) is 0 Å². The highest BCUT2D eigenvalue weighted by molar-refractivity contribution is 5.81. The highest BCUT2D eigenvalue weighted by Gasteiger charge is 2.38. The molecule has 0 radical (unpaired) electrons. The maximum atomic E-state index is 13.2. The zero-order valence-electron chi connectivity index (χ0n) is 12.3. The van der Waals surface area contributed by atoms with Gasteiger partial charge in [0.05, 0.1) is 17.1 Å². The zero-order chi connectivity index (χ0) is 16.6. The van der Waals surface area contributed by atoms with Crippen LogP contribution in [-0.2, 0) is 17.5 Å². The summed E-state index contributed by atoms with van der Waals surface area (Å²) < 4.78 is 40.5. The van der Waals surface area contributed by atoms with Gasteiger partial charge in [0.2, 0.25) is 11.7 Å². The fourth-order valence-corrected chi connectivity index (χ4v) is 2.87. The number of aromatic nitrogens is 2. The zero-order valence-corrected chi connectivity index (χ0v) is 12.3. The van der Waals surface area contributed by atoms with Crippen molar-refractivity contribution in [1.29, 1.82) is 0 Å². The average molecular weight is 327 g/mol. The number of imidazole rings is 1. The van der Waals surface area contributed by atoms with Crippen molar-refractivity contribution in [3.05, 3.63) is 30.1 Å². The highest BCUT2D eigenvalue weighted by Crippen LogP contribution is 2.31. The summed E-state index contributed by atoms with van der Waals surface area (Å²) in [7, 11) is 0. The third-order valence-electron chi connectivity index (χ3n) is 3.95. The lowest BCUT2D eigenvalue weighted by atomic mass is 10.1. The van der Waals surface area contributed by atoms with Crippen molar-refractivity contribution in [2.24, 2.45) is 0 Å². The van der Waals surface area contributed by atoms with Gasteiger partial charge < -0.3 is 14.6 Å². The Kier molecular flexibility index (Phi) is 4.01. The molecule has 0 aliphatic carbocycles. The molecule has 1 aliphatic heterocycles. The van der Waals surface area contributed by atoms with Gasteiger partial charge in [-0.1, -0.05) is 12.1 Å². The second-order valence-corrected chi connectivity index (χ2v) is 5.64. The van der Waals surface area contributed by atoms with Gasteiger partial charge in [-0.15, -0.1) is 0 Å². The Bertz CT molecular complexity index is 726. The maximum absolute atomic E-state index is 13.2. The molecule has 2 heterocycles. The monoisotopic (exact) mass is 327 g/mol. The van der Waals surface area contributed by atoms with Gasteiger partial charge >= 0.3 is 6.18 Å². The first kappa shape index (κ1) is 15.8. The van der Waals surface area contributed by atoms with Crippen LogP contribution in [0.25, 0.3) is 11.0 Å². The first-order valence-corrected chi connectivity index (χ1v) is 7.34. The Balaban J connectivity index is 1.93. The van der Waals surface area contributed by atoms with E-state index in [0.29, 0.717) is 19.4 Å². The SMILES string of the molecule is O=C(Cn1c(C(F)(F)F)nc2ccccc21)N1CCC[C@@H](O)C1. The van der Waals surface area contributed by atoms with Crippen molar-refractivity contribution in [3.63, 3.8) is 0 Å². The molecule has 2 aromatic rings. The number of alkyl halides is 3. The van der Waals surface area contributed by atoms with Crippen LogP contribution in [0.5, 0.6) is 0 Å². The number of carbonyl (C=O) groups excluding carboxylic acids is 1. The van der Waals surface area contributed by atoms with Gasteiger partial charge in [-0.3, -0.25) is 4.79 Å². The van der Waals surface area contributed by atoms with Gasteiger partial charge in [-0.2, -0.15) is 13.2 Å². The molecule has 1 amide bonds. The molecule has 23 heavy (non-hydrogen) atoms. The minimum absolute atomic E-state index is 0.160. The van der Waals surface area contributed by atoms with E-state index in [0.717, 1.165) is 4.57 Å². The lowest BCUT2D eigenvalue weighted by molar-refractivity contribution is -0.148. The number of halogens is 3. The van der Waals surface area contributed by atoms with Crippen LogP contribution >= 0.6 is 0 Å². The smallest absolute Gasteiger partial charge is 0.391 e. The van der Waals surface area contributed by atoms with Gasteiger partial charge in [0.25, 0.3) is 0 Å². The number of carbonyl (C=O) groups is 1. The van der Waals surface area contributed by atoms with E-state index in [1.54, 1.807) is 12.1 Å². The summed E-state index contributed by atoms with van der Waals surface area (Å²) in [5.74, 6) is -1.53. The Hall–Kier alpha value is -2.09. The Morgan fingerprint density at radius 3 is 2.78 bits per heavy atom. The predicted molar refractivity (Wildman–Crippen MR) is 76.6 cm³/mol. The molecule has 1 fully saturated rings. The molecule has 1 aromatic heterocycles. The summed E-state index contributed by atoms with van der Waals surface area (Å²) in [5, 5.41) is 9.62. The first-order valence-electron chi connectivity index (χ1n) is 7.34. The number of fused-ring (bicyclic) bond motifs is 1. The third-order valence-corrected chi connectivity index (χ3v) is 3.95. The van der Waals surface area contributed by atoms with Crippen molar-refractivity contribution >= 4 is 16.9 Å². The largest absolute Gasteiger partial charge is 0.449 e. The molecule has 3 rings (SSSR count). The van der Waals surface area contributed by atoms with Crippen LogP contribution < -0.4 is 0 Å². The fraction of sp³-hybridized carbons (Fsp3) is 0.467. The van der Waals surface area contributed by atoms with Crippen LogP contribution in [0.15, 0.2) is 24.3 Å². The molecule has 0 spiro atoms. The normalized spacial score (nSPS) is 19.3. The number of para-hydroxylation sites is 2. The fourth-order valence-electron chi connectivity index (χ4n) is 2.87. The predicted octanol–water partition coefficient (Wildman–Crippen LogP) is 2.04. The van der Waals surface area contributed by atoms with Gasteiger partial charge in [0.15, 0.2) is 0 Å².